The summed E-state index contributed by atoms with van der Waals surface area (Å²) in [5.74, 6) is 0. The monoisotopic (exact) mass is 154 g/mol. The molecule has 0 saturated carbocycles. The second kappa shape index (κ2) is 4.16. The summed E-state index contributed by atoms with van der Waals surface area (Å²) >= 11 is 0. The van der Waals surface area contributed by atoms with Crippen LogP contribution < -0.4 is 0 Å². The molecule has 0 radical (unpaired) electrons. The van der Waals surface area contributed by atoms with Crippen molar-refractivity contribution in [3.8, 4) is 0 Å². The van der Waals surface area contributed by atoms with Crippen molar-refractivity contribution in [3.05, 3.63) is 12.3 Å². The smallest absolute Gasteiger partial charge is 0.0309 e. The number of hydrogen-bond acceptors (Lipinski definition) is 2. The third kappa shape index (κ3) is 4.59. The zero-order valence-corrected chi connectivity index (χ0v) is 8.13. The highest BCUT2D eigenvalue weighted by Crippen LogP contribution is 2.09. The first-order valence-electron chi connectivity index (χ1n) is 3.80. The van der Waals surface area contributed by atoms with Gasteiger partial charge < -0.3 is 4.90 Å². The molecule has 0 unspecified atom stereocenters. The highest BCUT2D eigenvalue weighted by molar-refractivity contribution is 5.70. The average Bonchev–Trinajstić information content (AvgIpc) is 1.86. The first-order chi connectivity index (χ1) is 4.98. The van der Waals surface area contributed by atoms with Gasteiger partial charge in [-0.05, 0) is 26.8 Å². The van der Waals surface area contributed by atoms with Crippen molar-refractivity contribution < 1.29 is 0 Å². The molecule has 0 heterocycles. The van der Waals surface area contributed by atoms with Crippen molar-refractivity contribution >= 4 is 6.21 Å². The van der Waals surface area contributed by atoms with Gasteiger partial charge in [0.25, 0.3) is 0 Å². The lowest BCUT2D eigenvalue weighted by Crippen LogP contribution is -2.33. The number of rotatable bonds is 2. The van der Waals surface area contributed by atoms with Gasteiger partial charge in [0, 0.05) is 32.0 Å². The molecule has 11 heavy (non-hydrogen) atoms. The first-order valence-corrected chi connectivity index (χ1v) is 3.80. The largest absolute Gasteiger partial charge is 0.376 e. The van der Waals surface area contributed by atoms with Crippen molar-refractivity contribution in [2.75, 3.05) is 14.1 Å². The van der Waals surface area contributed by atoms with Gasteiger partial charge in [0.2, 0.25) is 0 Å². The van der Waals surface area contributed by atoms with Crippen LogP contribution >= 0.6 is 0 Å². The SMILES string of the molecule is C/N=C\C=C/N(C)C(C)(C)C. The van der Waals surface area contributed by atoms with Crippen LogP contribution in [0.4, 0.5) is 0 Å². The average molecular weight is 154 g/mol. The third-order valence-corrected chi connectivity index (χ3v) is 1.60. The predicted molar refractivity (Wildman–Crippen MR) is 51.1 cm³/mol. The number of aliphatic imine (C=N–C) groups is 1. The zero-order valence-electron chi connectivity index (χ0n) is 8.13. The molecule has 0 spiro atoms. The zero-order chi connectivity index (χ0) is 8.91. The Labute approximate surface area is 69.6 Å². The molecule has 0 atom stereocenters. The van der Waals surface area contributed by atoms with Crippen LogP contribution in [-0.4, -0.2) is 30.7 Å². The minimum absolute atomic E-state index is 0.193. The highest BCUT2D eigenvalue weighted by atomic mass is 15.1. The van der Waals surface area contributed by atoms with Crippen LogP contribution in [0.1, 0.15) is 20.8 Å². The summed E-state index contributed by atoms with van der Waals surface area (Å²) in [6, 6.07) is 0. The molecular weight excluding hydrogens is 136 g/mol. The van der Waals surface area contributed by atoms with Gasteiger partial charge in [-0.15, -0.1) is 0 Å². The lowest BCUT2D eigenvalue weighted by Gasteiger charge is -2.30. The molecule has 0 rings (SSSR count). The standard InChI is InChI=1S/C9H18N2/c1-9(2,3)11(5)8-6-7-10-4/h6-8H,1-5H3/b8-6-,10-7-. The summed E-state index contributed by atoms with van der Waals surface area (Å²) in [6.07, 6.45) is 5.74. The van der Waals surface area contributed by atoms with Crippen molar-refractivity contribution in [3.63, 3.8) is 0 Å². The van der Waals surface area contributed by atoms with Gasteiger partial charge in [-0.1, -0.05) is 0 Å². The summed E-state index contributed by atoms with van der Waals surface area (Å²) in [5.41, 5.74) is 0.193. The fourth-order valence-electron chi connectivity index (χ4n) is 0.477. The Morgan fingerprint density at radius 3 is 2.18 bits per heavy atom. The van der Waals surface area contributed by atoms with Crippen molar-refractivity contribution in [2.45, 2.75) is 26.3 Å². The molecule has 0 aromatic carbocycles. The van der Waals surface area contributed by atoms with E-state index < -0.39 is 0 Å². The molecule has 0 aliphatic rings. The molecule has 0 saturated heterocycles. The topological polar surface area (TPSA) is 15.6 Å². The van der Waals surface area contributed by atoms with Crippen molar-refractivity contribution in [2.24, 2.45) is 4.99 Å². The molecule has 2 nitrogen and oxygen atoms in total. The molecule has 0 fully saturated rings. The molecule has 2 heteroatoms. The van der Waals surface area contributed by atoms with E-state index in [0.717, 1.165) is 0 Å². The molecule has 0 bridgehead atoms. The van der Waals surface area contributed by atoms with Crippen molar-refractivity contribution in [1.29, 1.82) is 0 Å². The molecule has 64 valence electrons. The van der Waals surface area contributed by atoms with Crippen LogP contribution in [0.15, 0.2) is 17.3 Å². The Balaban J connectivity index is 3.96. The first kappa shape index (κ1) is 10.2. The van der Waals surface area contributed by atoms with Crippen LogP contribution in [0.25, 0.3) is 0 Å². The van der Waals surface area contributed by atoms with E-state index in [1.54, 1.807) is 13.3 Å². The maximum atomic E-state index is 3.85. The van der Waals surface area contributed by atoms with E-state index in [9.17, 15) is 0 Å². The minimum atomic E-state index is 0.193. The summed E-state index contributed by atoms with van der Waals surface area (Å²) < 4.78 is 0. The van der Waals surface area contributed by atoms with E-state index in [4.69, 9.17) is 0 Å². The number of allylic oxidation sites excluding steroid dienone is 1. The van der Waals surface area contributed by atoms with Crippen LogP contribution in [0.3, 0.4) is 0 Å². The lowest BCUT2D eigenvalue weighted by molar-refractivity contribution is 0.250. The van der Waals surface area contributed by atoms with E-state index in [1.807, 2.05) is 12.3 Å². The van der Waals surface area contributed by atoms with Gasteiger partial charge in [0.05, 0.1) is 0 Å². The van der Waals surface area contributed by atoms with E-state index in [1.165, 1.54) is 0 Å². The molecule has 0 aromatic rings. The summed E-state index contributed by atoms with van der Waals surface area (Å²) in [6.45, 7) is 6.50. The van der Waals surface area contributed by atoms with Gasteiger partial charge in [0.15, 0.2) is 0 Å². The van der Waals surface area contributed by atoms with Gasteiger partial charge in [0.1, 0.15) is 0 Å². The normalized spacial score (nSPS) is 13.2. The Morgan fingerprint density at radius 2 is 1.82 bits per heavy atom. The molecule has 0 aliphatic heterocycles. The van der Waals surface area contributed by atoms with Crippen LogP contribution in [0.5, 0.6) is 0 Å². The summed E-state index contributed by atoms with van der Waals surface area (Å²) in [7, 11) is 3.82. The maximum absolute atomic E-state index is 3.85. The molecular formula is C9H18N2. The quantitative estimate of drug-likeness (QED) is 0.555. The van der Waals surface area contributed by atoms with Gasteiger partial charge in [-0.2, -0.15) is 0 Å². The summed E-state index contributed by atoms with van der Waals surface area (Å²) in [5, 5.41) is 0. The molecule has 0 aromatic heterocycles. The lowest BCUT2D eigenvalue weighted by atomic mass is 10.1. The number of nitrogens with zero attached hydrogens (tertiary/aromatic N) is 2. The number of hydrogen-bond donors (Lipinski definition) is 0. The second-order valence-corrected chi connectivity index (χ2v) is 3.53. The Bertz CT molecular complexity index is 151. The Hall–Kier alpha value is -0.790. The minimum Gasteiger partial charge on any atom is -0.376 e. The molecule has 0 N–H and O–H groups in total. The van der Waals surface area contributed by atoms with E-state index >= 15 is 0 Å². The van der Waals surface area contributed by atoms with Gasteiger partial charge in [-0.25, -0.2) is 0 Å². The van der Waals surface area contributed by atoms with E-state index in [2.05, 4.69) is 37.7 Å². The summed E-state index contributed by atoms with van der Waals surface area (Å²) in [4.78, 5) is 6.00. The van der Waals surface area contributed by atoms with Crippen LogP contribution in [0, 0.1) is 0 Å². The second-order valence-electron chi connectivity index (χ2n) is 3.53. The predicted octanol–water partition coefficient (Wildman–Crippen LogP) is 1.93. The highest BCUT2D eigenvalue weighted by Gasteiger charge is 2.12. The third-order valence-electron chi connectivity index (χ3n) is 1.60. The van der Waals surface area contributed by atoms with Crippen LogP contribution in [0.2, 0.25) is 0 Å². The van der Waals surface area contributed by atoms with Gasteiger partial charge >= 0.3 is 0 Å². The van der Waals surface area contributed by atoms with E-state index in [-0.39, 0.29) is 5.54 Å². The fraction of sp³-hybridized carbons (Fsp3) is 0.667. The van der Waals surface area contributed by atoms with Crippen molar-refractivity contribution in [1.82, 2.24) is 4.90 Å². The molecule has 0 amide bonds. The maximum Gasteiger partial charge on any atom is 0.0309 e. The fourth-order valence-corrected chi connectivity index (χ4v) is 0.477. The van der Waals surface area contributed by atoms with E-state index in [0.29, 0.717) is 0 Å². The molecule has 0 aliphatic carbocycles. The van der Waals surface area contributed by atoms with Crippen LogP contribution in [-0.2, 0) is 0 Å². The Morgan fingerprint density at radius 1 is 1.27 bits per heavy atom. The Kier molecular flexibility index (Phi) is 3.86. The van der Waals surface area contributed by atoms with Gasteiger partial charge in [-0.3, -0.25) is 4.99 Å².